The fourth-order valence-electron chi connectivity index (χ4n) is 3.65. The lowest BCUT2D eigenvalue weighted by Crippen LogP contribution is -2.42. The van der Waals surface area contributed by atoms with Crippen molar-refractivity contribution in [2.24, 2.45) is 0 Å². The van der Waals surface area contributed by atoms with Crippen LogP contribution in [-0.2, 0) is 9.59 Å². The highest BCUT2D eigenvalue weighted by Gasteiger charge is 2.24. The Morgan fingerprint density at radius 1 is 0.826 bits per heavy atom. The lowest BCUT2D eigenvalue weighted by atomic mass is 10.0. The van der Waals surface area contributed by atoms with Gasteiger partial charge in [0.25, 0.3) is 0 Å². The number of carbonyl (C=O) groups is 2. The molecule has 23 heavy (non-hydrogen) atoms. The van der Waals surface area contributed by atoms with E-state index in [1.165, 1.54) is 12.8 Å². The Balaban J connectivity index is 1.58. The molecule has 2 amide bonds. The summed E-state index contributed by atoms with van der Waals surface area (Å²) in [5.74, 6) is 2.26. The maximum absolute atomic E-state index is 12.2. The predicted molar refractivity (Wildman–Crippen MR) is 96.6 cm³/mol. The van der Waals surface area contributed by atoms with Crippen LogP contribution >= 0.6 is 11.8 Å². The lowest BCUT2D eigenvalue weighted by molar-refractivity contribution is -0.134. The van der Waals surface area contributed by atoms with Gasteiger partial charge in [0.1, 0.15) is 0 Å². The van der Waals surface area contributed by atoms with Crippen molar-refractivity contribution < 1.29 is 9.59 Å². The van der Waals surface area contributed by atoms with Gasteiger partial charge in [-0.25, -0.2) is 0 Å². The maximum Gasteiger partial charge on any atom is 0.223 e. The zero-order chi connectivity index (χ0) is 16.7. The molecule has 2 unspecified atom stereocenters. The number of hydrogen-bond donors (Lipinski definition) is 0. The van der Waals surface area contributed by atoms with Crippen LogP contribution in [0.5, 0.6) is 0 Å². The molecule has 2 atom stereocenters. The fraction of sp³-hybridized carbons (Fsp3) is 0.889. The maximum atomic E-state index is 12.2. The number of piperidine rings is 2. The van der Waals surface area contributed by atoms with E-state index in [-0.39, 0.29) is 0 Å². The van der Waals surface area contributed by atoms with Gasteiger partial charge >= 0.3 is 0 Å². The number of amides is 2. The molecule has 2 saturated heterocycles. The van der Waals surface area contributed by atoms with E-state index < -0.39 is 0 Å². The van der Waals surface area contributed by atoms with Crippen LogP contribution in [-0.4, -0.2) is 58.3 Å². The average molecular weight is 341 g/mol. The predicted octanol–water partition coefficient (Wildman–Crippen LogP) is 3.30. The van der Waals surface area contributed by atoms with Crippen LogP contribution in [0.3, 0.4) is 0 Å². The first-order chi connectivity index (χ1) is 11.1. The molecule has 2 fully saturated rings. The van der Waals surface area contributed by atoms with Crippen molar-refractivity contribution >= 4 is 23.6 Å². The van der Waals surface area contributed by atoms with E-state index in [9.17, 15) is 9.59 Å². The summed E-state index contributed by atoms with van der Waals surface area (Å²) in [6.45, 7) is 6.16. The molecule has 2 heterocycles. The number of hydrogen-bond acceptors (Lipinski definition) is 3. The van der Waals surface area contributed by atoms with Crippen molar-refractivity contribution in [2.45, 2.75) is 77.3 Å². The van der Waals surface area contributed by atoms with E-state index in [4.69, 9.17) is 0 Å². The van der Waals surface area contributed by atoms with Gasteiger partial charge in [0.2, 0.25) is 11.8 Å². The first-order valence-electron chi connectivity index (χ1n) is 9.26. The highest BCUT2D eigenvalue weighted by atomic mass is 32.2. The highest BCUT2D eigenvalue weighted by Crippen LogP contribution is 2.20. The summed E-state index contributed by atoms with van der Waals surface area (Å²) in [6.07, 6.45) is 8.29. The van der Waals surface area contributed by atoms with E-state index in [1.807, 2.05) is 9.80 Å². The second kappa shape index (κ2) is 9.55. The minimum Gasteiger partial charge on any atom is -0.340 e. The highest BCUT2D eigenvalue weighted by molar-refractivity contribution is 7.99. The van der Waals surface area contributed by atoms with Crippen molar-refractivity contribution in [3.63, 3.8) is 0 Å². The number of likely N-dealkylation sites (tertiary alicyclic amines) is 2. The van der Waals surface area contributed by atoms with Gasteiger partial charge in [-0.3, -0.25) is 9.59 Å². The van der Waals surface area contributed by atoms with E-state index >= 15 is 0 Å². The van der Waals surface area contributed by atoms with Gasteiger partial charge in [0.15, 0.2) is 0 Å². The summed E-state index contributed by atoms with van der Waals surface area (Å²) in [7, 11) is 0. The van der Waals surface area contributed by atoms with Gasteiger partial charge in [-0.05, 0) is 52.4 Å². The van der Waals surface area contributed by atoms with Gasteiger partial charge in [0, 0.05) is 49.5 Å². The molecule has 0 spiro atoms. The SMILES string of the molecule is CC1CCCCN1C(=O)CCSCCC(=O)N1CCCCC1C. The van der Waals surface area contributed by atoms with Gasteiger partial charge in [-0.2, -0.15) is 11.8 Å². The molecule has 0 bridgehead atoms. The van der Waals surface area contributed by atoms with E-state index in [1.54, 1.807) is 11.8 Å². The molecular weight excluding hydrogens is 308 g/mol. The third-order valence-electron chi connectivity index (χ3n) is 5.17. The Bertz CT molecular complexity index is 366. The molecule has 2 aliphatic heterocycles. The van der Waals surface area contributed by atoms with Crippen molar-refractivity contribution in [1.82, 2.24) is 9.80 Å². The summed E-state index contributed by atoms with van der Waals surface area (Å²) < 4.78 is 0. The molecule has 0 N–H and O–H groups in total. The van der Waals surface area contributed by atoms with Crippen molar-refractivity contribution in [2.75, 3.05) is 24.6 Å². The van der Waals surface area contributed by atoms with Crippen molar-refractivity contribution in [3.8, 4) is 0 Å². The first kappa shape index (κ1) is 18.6. The van der Waals surface area contributed by atoms with Crippen LogP contribution in [0.15, 0.2) is 0 Å². The first-order valence-corrected chi connectivity index (χ1v) is 10.4. The molecule has 0 radical (unpaired) electrons. The fourth-order valence-corrected chi connectivity index (χ4v) is 4.49. The zero-order valence-corrected chi connectivity index (χ0v) is 15.6. The third-order valence-corrected chi connectivity index (χ3v) is 6.15. The van der Waals surface area contributed by atoms with Crippen LogP contribution in [0, 0.1) is 0 Å². The van der Waals surface area contributed by atoms with Crippen LogP contribution in [0.25, 0.3) is 0 Å². The molecule has 5 heteroatoms. The Hall–Kier alpha value is -0.710. The smallest absolute Gasteiger partial charge is 0.223 e. The summed E-state index contributed by atoms with van der Waals surface area (Å²) in [5, 5.41) is 0. The van der Waals surface area contributed by atoms with Gasteiger partial charge in [0.05, 0.1) is 0 Å². The molecule has 0 aliphatic carbocycles. The Kier molecular flexibility index (Phi) is 7.74. The standard InChI is InChI=1S/C18H32N2O2S/c1-15-7-3-5-11-19(15)17(21)9-13-23-14-10-18(22)20-12-6-4-8-16(20)2/h15-16H,3-14H2,1-2H3. The molecule has 0 aromatic carbocycles. The van der Waals surface area contributed by atoms with Gasteiger partial charge in [-0.15, -0.1) is 0 Å². The molecule has 0 aromatic rings. The number of carbonyl (C=O) groups excluding carboxylic acids is 2. The Morgan fingerprint density at radius 2 is 1.26 bits per heavy atom. The van der Waals surface area contributed by atoms with Crippen molar-refractivity contribution in [1.29, 1.82) is 0 Å². The number of thioether (sulfide) groups is 1. The average Bonchev–Trinajstić information content (AvgIpc) is 2.55. The Labute approximate surface area is 145 Å². The van der Waals surface area contributed by atoms with Gasteiger partial charge < -0.3 is 9.80 Å². The van der Waals surface area contributed by atoms with Crippen LogP contribution in [0.1, 0.15) is 65.2 Å². The second-order valence-corrected chi connectivity index (χ2v) is 8.20. The quantitative estimate of drug-likeness (QED) is 0.697. The summed E-state index contributed by atoms with van der Waals surface area (Å²) in [4.78, 5) is 28.6. The Morgan fingerprint density at radius 3 is 1.65 bits per heavy atom. The van der Waals surface area contributed by atoms with Crippen LogP contribution < -0.4 is 0 Å². The zero-order valence-electron chi connectivity index (χ0n) is 14.8. The monoisotopic (exact) mass is 340 g/mol. The van der Waals surface area contributed by atoms with E-state index in [2.05, 4.69) is 13.8 Å². The largest absolute Gasteiger partial charge is 0.340 e. The molecule has 0 saturated carbocycles. The molecule has 2 rings (SSSR count). The number of nitrogens with zero attached hydrogens (tertiary/aromatic N) is 2. The van der Waals surface area contributed by atoms with E-state index in [0.29, 0.717) is 36.7 Å². The lowest BCUT2D eigenvalue weighted by Gasteiger charge is -2.33. The van der Waals surface area contributed by atoms with Gasteiger partial charge in [-0.1, -0.05) is 0 Å². The topological polar surface area (TPSA) is 40.6 Å². The minimum atomic E-state index is 0.292. The molecule has 0 aromatic heterocycles. The molecular formula is C18H32N2O2S. The summed E-state index contributed by atoms with van der Waals surface area (Å²) in [5.41, 5.74) is 0. The molecule has 132 valence electrons. The molecule has 4 nitrogen and oxygen atoms in total. The summed E-state index contributed by atoms with van der Waals surface area (Å²) in [6, 6.07) is 0.812. The molecule has 2 aliphatic rings. The van der Waals surface area contributed by atoms with Crippen LogP contribution in [0.4, 0.5) is 0 Å². The van der Waals surface area contributed by atoms with Crippen LogP contribution in [0.2, 0.25) is 0 Å². The van der Waals surface area contributed by atoms with E-state index in [0.717, 1.165) is 50.3 Å². The van der Waals surface area contributed by atoms with Crippen molar-refractivity contribution in [3.05, 3.63) is 0 Å². The minimum absolute atomic E-state index is 0.292. The number of rotatable bonds is 6. The second-order valence-electron chi connectivity index (χ2n) is 6.98. The third kappa shape index (κ3) is 5.70. The normalized spacial score (nSPS) is 25.5. The summed E-state index contributed by atoms with van der Waals surface area (Å²) >= 11 is 1.75.